The second kappa shape index (κ2) is 6.19. The first-order chi connectivity index (χ1) is 7.20. The molecule has 1 aromatic rings. The Morgan fingerprint density at radius 1 is 1.27 bits per heavy atom. The van der Waals surface area contributed by atoms with Crippen molar-refractivity contribution in [3.63, 3.8) is 0 Å². The molecule has 0 bridgehead atoms. The number of hydrogen-bond donors (Lipinski definition) is 2. The number of benzene rings is 1. The molecule has 0 unspecified atom stereocenters. The summed E-state index contributed by atoms with van der Waals surface area (Å²) in [6, 6.07) is 9.22. The molecule has 3 heteroatoms. The lowest BCUT2D eigenvalue weighted by Gasteiger charge is -2.08. The summed E-state index contributed by atoms with van der Waals surface area (Å²) in [6.07, 6.45) is 0. The van der Waals surface area contributed by atoms with E-state index in [0.717, 1.165) is 6.54 Å². The fraction of sp³-hybridized carbons (Fsp3) is 0.417. The first-order valence-electron chi connectivity index (χ1n) is 5.24. The summed E-state index contributed by atoms with van der Waals surface area (Å²) in [5.41, 5.74) is 0.698. The van der Waals surface area contributed by atoms with Gasteiger partial charge < -0.3 is 5.32 Å². The molecule has 82 valence electrons. The normalized spacial score (nSPS) is 10.3. The zero-order valence-electron chi connectivity index (χ0n) is 9.29. The van der Waals surface area contributed by atoms with E-state index in [4.69, 9.17) is 0 Å². The van der Waals surface area contributed by atoms with Gasteiger partial charge in [0.2, 0.25) is 0 Å². The largest absolute Gasteiger partial charge is 0.339 e. The smallest absolute Gasteiger partial charge is 0.252 e. The zero-order chi connectivity index (χ0) is 11.1. The molecule has 2 N–H and O–H groups in total. The lowest BCUT2D eigenvalue weighted by atomic mass is 10.2. The van der Waals surface area contributed by atoms with E-state index in [1.165, 1.54) is 0 Å². The van der Waals surface area contributed by atoms with E-state index in [1.54, 1.807) is 12.1 Å². The number of hydrogen-bond acceptors (Lipinski definition) is 2. The average molecular weight is 206 g/mol. The van der Waals surface area contributed by atoms with Gasteiger partial charge in [0.25, 0.3) is 5.91 Å². The topological polar surface area (TPSA) is 41.1 Å². The molecule has 0 aliphatic rings. The third kappa shape index (κ3) is 4.61. The van der Waals surface area contributed by atoms with Gasteiger partial charge in [-0.2, -0.15) is 0 Å². The van der Waals surface area contributed by atoms with E-state index in [9.17, 15) is 4.79 Å². The summed E-state index contributed by atoms with van der Waals surface area (Å²) >= 11 is 0. The van der Waals surface area contributed by atoms with Gasteiger partial charge in [0.15, 0.2) is 0 Å². The van der Waals surface area contributed by atoms with Crippen molar-refractivity contribution in [2.45, 2.75) is 13.8 Å². The molecule has 0 heterocycles. The molecule has 0 aliphatic heterocycles. The van der Waals surface area contributed by atoms with E-state index < -0.39 is 0 Å². The molecule has 0 aliphatic carbocycles. The molecule has 0 atom stereocenters. The Bertz CT molecular complexity index is 296. The van der Waals surface area contributed by atoms with Crippen molar-refractivity contribution in [1.82, 2.24) is 10.6 Å². The predicted molar refractivity (Wildman–Crippen MR) is 61.6 cm³/mol. The molecule has 0 fully saturated rings. The summed E-state index contributed by atoms with van der Waals surface area (Å²) in [5.74, 6) is 0.561. The molecule has 1 amide bonds. The Morgan fingerprint density at radius 3 is 2.53 bits per heavy atom. The van der Waals surface area contributed by atoms with Crippen molar-refractivity contribution in [2.75, 3.05) is 13.2 Å². The molecule has 3 nitrogen and oxygen atoms in total. The molecule has 0 aromatic heterocycles. The van der Waals surface area contributed by atoms with Gasteiger partial charge in [-0.1, -0.05) is 32.0 Å². The van der Waals surface area contributed by atoms with Crippen LogP contribution in [0.4, 0.5) is 0 Å². The van der Waals surface area contributed by atoms with Gasteiger partial charge in [-0.25, -0.2) is 0 Å². The van der Waals surface area contributed by atoms with Crippen molar-refractivity contribution in [1.29, 1.82) is 0 Å². The highest BCUT2D eigenvalue weighted by atomic mass is 16.1. The molecule has 0 saturated heterocycles. The molecule has 0 spiro atoms. The molecule has 1 aromatic carbocycles. The van der Waals surface area contributed by atoms with Crippen molar-refractivity contribution in [3.8, 4) is 0 Å². The van der Waals surface area contributed by atoms with Crippen molar-refractivity contribution in [2.24, 2.45) is 5.92 Å². The quantitative estimate of drug-likeness (QED) is 0.568. The number of amides is 1. The second-order valence-electron chi connectivity index (χ2n) is 3.90. The van der Waals surface area contributed by atoms with Crippen LogP contribution >= 0.6 is 0 Å². The van der Waals surface area contributed by atoms with E-state index >= 15 is 0 Å². The average Bonchev–Trinajstić information content (AvgIpc) is 2.25. The van der Waals surface area contributed by atoms with E-state index in [1.807, 2.05) is 18.2 Å². The Kier molecular flexibility index (Phi) is 4.84. The molecule has 15 heavy (non-hydrogen) atoms. The van der Waals surface area contributed by atoms with Crippen LogP contribution in [0.2, 0.25) is 0 Å². The molecule has 1 rings (SSSR count). The summed E-state index contributed by atoms with van der Waals surface area (Å²) in [4.78, 5) is 11.5. The van der Waals surface area contributed by atoms with Gasteiger partial charge in [0.05, 0.1) is 6.67 Å². The van der Waals surface area contributed by atoms with Crippen molar-refractivity contribution in [3.05, 3.63) is 35.9 Å². The minimum absolute atomic E-state index is 0.0353. The maximum atomic E-state index is 11.5. The monoisotopic (exact) mass is 206 g/mol. The first-order valence-corrected chi connectivity index (χ1v) is 5.24. The fourth-order valence-corrected chi connectivity index (χ4v) is 1.20. The number of carbonyl (C=O) groups excluding carboxylic acids is 1. The van der Waals surface area contributed by atoms with Crippen LogP contribution in [0.25, 0.3) is 0 Å². The van der Waals surface area contributed by atoms with E-state index in [0.29, 0.717) is 18.2 Å². The standard InChI is InChI=1S/C12H18N2O/c1-10(2)8-13-9-14-12(15)11-6-4-3-5-7-11/h3-7,10,13H,8-9H2,1-2H3,(H,14,15). The Balaban J connectivity index is 2.25. The Hall–Kier alpha value is -1.35. The minimum atomic E-state index is -0.0353. The summed E-state index contributed by atoms with van der Waals surface area (Å²) < 4.78 is 0. The van der Waals surface area contributed by atoms with E-state index in [2.05, 4.69) is 24.5 Å². The molecular weight excluding hydrogens is 188 g/mol. The Morgan fingerprint density at radius 2 is 1.93 bits per heavy atom. The highest BCUT2D eigenvalue weighted by Crippen LogP contribution is 1.96. The first kappa shape index (κ1) is 11.7. The van der Waals surface area contributed by atoms with Gasteiger partial charge >= 0.3 is 0 Å². The van der Waals surface area contributed by atoms with Crippen molar-refractivity contribution < 1.29 is 4.79 Å². The minimum Gasteiger partial charge on any atom is -0.339 e. The number of rotatable bonds is 5. The van der Waals surface area contributed by atoms with Crippen LogP contribution in [0.15, 0.2) is 30.3 Å². The van der Waals surface area contributed by atoms with Gasteiger partial charge in [-0.05, 0) is 24.6 Å². The van der Waals surface area contributed by atoms with Crippen LogP contribution in [-0.4, -0.2) is 19.1 Å². The van der Waals surface area contributed by atoms with Crippen molar-refractivity contribution >= 4 is 5.91 Å². The molecular formula is C12H18N2O. The Labute approximate surface area is 90.9 Å². The molecule has 0 saturated carbocycles. The van der Waals surface area contributed by atoms with Gasteiger partial charge in [0.1, 0.15) is 0 Å². The van der Waals surface area contributed by atoms with Gasteiger partial charge in [-0.3, -0.25) is 10.1 Å². The lowest BCUT2D eigenvalue weighted by molar-refractivity contribution is 0.0950. The fourth-order valence-electron chi connectivity index (χ4n) is 1.20. The van der Waals surface area contributed by atoms with Gasteiger partial charge in [-0.15, -0.1) is 0 Å². The van der Waals surface area contributed by atoms with Crippen LogP contribution in [0.1, 0.15) is 24.2 Å². The van der Waals surface area contributed by atoms with Crippen LogP contribution in [0.5, 0.6) is 0 Å². The highest BCUT2D eigenvalue weighted by molar-refractivity contribution is 5.94. The summed E-state index contributed by atoms with van der Waals surface area (Å²) in [5, 5.41) is 5.96. The predicted octanol–water partition coefficient (Wildman–Crippen LogP) is 1.62. The summed E-state index contributed by atoms with van der Waals surface area (Å²) in [7, 11) is 0. The van der Waals surface area contributed by atoms with Crippen LogP contribution in [0, 0.1) is 5.92 Å². The third-order valence-electron chi connectivity index (χ3n) is 1.96. The third-order valence-corrected chi connectivity index (χ3v) is 1.96. The number of carbonyl (C=O) groups is 1. The second-order valence-corrected chi connectivity index (χ2v) is 3.90. The van der Waals surface area contributed by atoms with Crippen LogP contribution < -0.4 is 10.6 Å². The summed E-state index contributed by atoms with van der Waals surface area (Å²) in [6.45, 7) is 5.69. The van der Waals surface area contributed by atoms with Crippen LogP contribution in [-0.2, 0) is 0 Å². The maximum absolute atomic E-state index is 11.5. The number of nitrogens with one attached hydrogen (secondary N) is 2. The molecule has 0 radical (unpaired) electrons. The van der Waals surface area contributed by atoms with Crippen LogP contribution in [0.3, 0.4) is 0 Å². The maximum Gasteiger partial charge on any atom is 0.252 e. The zero-order valence-corrected chi connectivity index (χ0v) is 9.29. The van der Waals surface area contributed by atoms with E-state index in [-0.39, 0.29) is 5.91 Å². The lowest BCUT2D eigenvalue weighted by Crippen LogP contribution is -2.35. The highest BCUT2D eigenvalue weighted by Gasteiger charge is 2.02. The van der Waals surface area contributed by atoms with Gasteiger partial charge in [0, 0.05) is 5.56 Å². The SMILES string of the molecule is CC(C)CNCNC(=O)c1ccccc1.